The van der Waals surface area contributed by atoms with Crippen LogP contribution < -0.4 is 19.1 Å². The number of nitrogens with zero attached hydrogens (tertiary/aromatic N) is 1. The molecule has 0 N–H and O–H groups in total. The average Bonchev–Trinajstić information content (AvgIpc) is 3.35. The van der Waals surface area contributed by atoms with E-state index in [-0.39, 0.29) is 5.41 Å². The van der Waals surface area contributed by atoms with E-state index in [1.165, 1.54) is 29.7 Å². The fraction of sp³-hybridized carbons (Fsp3) is 0.400. The third kappa shape index (κ3) is 1.58. The SMILES string of the molecule is c1ccc2c(c1)N(C1CC1)CC21COc2cc3c(cc21)OCCO3. The Hall–Kier alpha value is -2.36. The summed E-state index contributed by atoms with van der Waals surface area (Å²) in [4.78, 5) is 2.59. The van der Waals surface area contributed by atoms with Crippen LogP contribution in [0.15, 0.2) is 36.4 Å². The van der Waals surface area contributed by atoms with Crippen molar-refractivity contribution < 1.29 is 14.2 Å². The molecule has 1 saturated carbocycles. The number of benzene rings is 2. The Bertz CT molecular complexity index is 845. The number of anilines is 1. The minimum atomic E-state index is -0.0790. The summed E-state index contributed by atoms with van der Waals surface area (Å²) in [6.07, 6.45) is 2.61. The number of ether oxygens (including phenoxy) is 3. The van der Waals surface area contributed by atoms with Crippen LogP contribution in [-0.2, 0) is 5.41 Å². The van der Waals surface area contributed by atoms with Gasteiger partial charge in [0.05, 0.1) is 5.41 Å². The quantitative estimate of drug-likeness (QED) is 0.807. The van der Waals surface area contributed by atoms with E-state index >= 15 is 0 Å². The lowest BCUT2D eigenvalue weighted by molar-refractivity contribution is 0.171. The van der Waals surface area contributed by atoms with E-state index in [1.54, 1.807) is 0 Å². The van der Waals surface area contributed by atoms with Gasteiger partial charge in [0.1, 0.15) is 25.6 Å². The Labute approximate surface area is 140 Å². The molecule has 3 heterocycles. The number of rotatable bonds is 1. The van der Waals surface area contributed by atoms with Crippen LogP contribution in [0.3, 0.4) is 0 Å². The molecule has 3 aliphatic heterocycles. The summed E-state index contributed by atoms with van der Waals surface area (Å²) in [6.45, 7) is 2.93. The van der Waals surface area contributed by atoms with Crippen molar-refractivity contribution in [1.29, 1.82) is 0 Å². The first-order chi connectivity index (χ1) is 11.9. The molecule has 24 heavy (non-hydrogen) atoms. The molecule has 0 saturated heterocycles. The van der Waals surface area contributed by atoms with Gasteiger partial charge >= 0.3 is 0 Å². The third-order valence-corrected chi connectivity index (χ3v) is 5.79. The van der Waals surface area contributed by atoms with Gasteiger partial charge in [-0.05, 0) is 30.5 Å². The molecule has 1 unspecified atom stereocenters. The summed E-state index contributed by atoms with van der Waals surface area (Å²) < 4.78 is 17.7. The highest BCUT2D eigenvalue weighted by atomic mass is 16.6. The molecule has 0 amide bonds. The van der Waals surface area contributed by atoms with Gasteiger partial charge in [-0.15, -0.1) is 0 Å². The van der Waals surface area contributed by atoms with Crippen molar-refractivity contribution in [3.8, 4) is 17.2 Å². The maximum Gasteiger partial charge on any atom is 0.165 e. The van der Waals surface area contributed by atoms with E-state index in [9.17, 15) is 0 Å². The maximum absolute atomic E-state index is 6.15. The summed E-state index contributed by atoms with van der Waals surface area (Å²) in [5.74, 6) is 2.61. The van der Waals surface area contributed by atoms with Crippen molar-refractivity contribution in [2.24, 2.45) is 0 Å². The average molecular weight is 321 g/mol. The van der Waals surface area contributed by atoms with Crippen LogP contribution in [-0.4, -0.2) is 32.4 Å². The molecule has 4 nitrogen and oxygen atoms in total. The molecule has 0 radical (unpaired) electrons. The van der Waals surface area contributed by atoms with Crippen LogP contribution in [0.25, 0.3) is 0 Å². The zero-order chi connectivity index (χ0) is 15.7. The van der Waals surface area contributed by atoms with Crippen LogP contribution in [0.5, 0.6) is 17.2 Å². The van der Waals surface area contributed by atoms with Crippen LogP contribution in [0, 0.1) is 0 Å². The molecule has 1 aliphatic carbocycles. The van der Waals surface area contributed by atoms with Crippen LogP contribution in [0.2, 0.25) is 0 Å². The molecule has 2 aromatic rings. The number of hydrogen-bond donors (Lipinski definition) is 0. The highest BCUT2D eigenvalue weighted by Crippen LogP contribution is 2.55. The van der Waals surface area contributed by atoms with E-state index in [0.29, 0.717) is 25.9 Å². The number of fused-ring (bicyclic) bond motifs is 5. The summed E-state index contributed by atoms with van der Waals surface area (Å²) in [7, 11) is 0. The normalized spacial score (nSPS) is 26.2. The summed E-state index contributed by atoms with van der Waals surface area (Å²) in [5.41, 5.74) is 3.95. The lowest BCUT2D eigenvalue weighted by Gasteiger charge is -2.26. The summed E-state index contributed by atoms with van der Waals surface area (Å²) in [5, 5.41) is 0. The van der Waals surface area contributed by atoms with Crippen molar-refractivity contribution in [1.82, 2.24) is 0 Å². The van der Waals surface area contributed by atoms with Gasteiger partial charge in [0.2, 0.25) is 0 Å². The van der Waals surface area contributed by atoms with Crippen LogP contribution in [0.1, 0.15) is 24.0 Å². The molecule has 1 spiro atoms. The van der Waals surface area contributed by atoms with Crippen molar-refractivity contribution in [3.63, 3.8) is 0 Å². The molecule has 1 atom stereocenters. The van der Waals surface area contributed by atoms with Crippen LogP contribution in [0.4, 0.5) is 5.69 Å². The molecule has 122 valence electrons. The molecular formula is C20H19NO3. The first-order valence-corrected chi connectivity index (χ1v) is 8.78. The Morgan fingerprint density at radius 2 is 1.67 bits per heavy atom. The molecule has 1 fully saturated rings. The van der Waals surface area contributed by atoms with E-state index in [0.717, 1.165) is 23.8 Å². The second kappa shape index (κ2) is 4.38. The van der Waals surface area contributed by atoms with E-state index in [1.807, 2.05) is 6.07 Å². The third-order valence-electron chi connectivity index (χ3n) is 5.79. The fourth-order valence-corrected chi connectivity index (χ4v) is 4.50. The molecule has 0 aromatic heterocycles. The minimum absolute atomic E-state index is 0.0790. The Morgan fingerprint density at radius 1 is 0.875 bits per heavy atom. The van der Waals surface area contributed by atoms with Crippen molar-refractivity contribution >= 4 is 5.69 Å². The monoisotopic (exact) mass is 321 g/mol. The standard InChI is InChI=1S/C20H19NO3/c1-2-4-16-14(3-1)20(11-21(16)13-5-6-13)12-24-17-10-19-18(9-15(17)20)22-7-8-23-19/h1-4,9-10,13H,5-8,11-12H2. The fourth-order valence-electron chi connectivity index (χ4n) is 4.50. The van der Waals surface area contributed by atoms with Gasteiger partial charge in [-0.2, -0.15) is 0 Å². The van der Waals surface area contributed by atoms with Gasteiger partial charge in [0.25, 0.3) is 0 Å². The smallest absolute Gasteiger partial charge is 0.165 e. The predicted octanol–water partition coefficient (Wildman–Crippen LogP) is 3.12. The van der Waals surface area contributed by atoms with Gasteiger partial charge in [-0.25, -0.2) is 0 Å². The molecule has 6 rings (SSSR count). The van der Waals surface area contributed by atoms with Crippen LogP contribution >= 0.6 is 0 Å². The maximum atomic E-state index is 6.15. The lowest BCUT2D eigenvalue weighted by Crippen LogP contribution is -2.37. The molecule has 4 heteroatoms. The highest BCUT2D eigenvalue weighted by molar-refractivity contribution is 5.71. The number of para-hydroxylation sites is 1. The first kappa shape index (κ1) is 13.0. The largest absolute Gasteiger partial charge is 0.492 e. The first-order valence-electron chi connectivity index (χ1n) is 8.78. The van der Waals surface area contributed by atoms with Crippen molar-refractivity contribution in [2.45, 2.75) is 24.3 Å². The van der Waals surface area contributed by atoms with Gasteiger partial charge in [0.15, 0.2) is 11.5 Å². The summed E-state index contributed by atoms with van der Waals surface area (Å²) >= 11 is 0. The second-order valence-corrected chi connectivity index (χ2v) is 7.24. The molecule has 0 bridgehead atoms. The van der Waals surface area contributed by atoms with Gasteiger partial charge in [-0.3, -0.25) is 0 Å². The molecule has 4 aliphatic rings. The van der Waals surface area contributed by atoms with Crippen molar-refractivity contribution in [2.75, 3.05) is 31.3 Å². The van der Waals surface area contributed by atoms with Gasteiger partial charge in [-0.1, -0.05) is 18.2 Å². The zero-order valence-electron chi connectivity index (χ0n) is 13.5. The number of hydrogen-bond acceptors (Lipinski definition) is 4. The molecule has 2 aromatic carbocycles. The topological polar surface area (TPSA) is 30.9 Å². The predicted molar refractivity (Wildman–Crippen MR) is 90.5 cm³/mol. The molecular weight excluding hydrogens is 302 g/mol. The van der Waals surface area contributed by atoms with E-state index in [4.69, 9.17) is 14.2 Å². The Balaban J connectivity index is 1.54. The Kier molecular flexibility index (Phi) is 2.37. The Morgan fingerprint density at radius 3 is 2.50 bits per heavy atom. The van der Waals surface area contributed by atoms with E-state index in [2.05, 4.69) is 35.2 Å². The van der Waals surface area contributed by atoms with Gasteiger partial charge in [0, 0.05) is 29.9 Å². The highest BCUT2D eigenvalue weighted by Gasteiger charge is 2.52. The van der Waals surface area contributed by atoms with Gasteiger partial charge < -0.3 is 19.1 Å². The van der Waals surface area contributed by atoms with E-state index < -0.39 is 0 Å². The summed E-state index contributed by atoms with van der Waals surface area (Å²) in [6, 6.07) is 13.7. The lowest BCUT2D eigenvalue weighted by atomic mass is 9.77. The van der Waals surface area contributed by atoms with Crippen molar-refractivity contribution in [3.05, 3.63) is 47.5 Å². The zero-order valence-corrected chi connectivity index (χ0v) is 13.5. The minimum Gasteiger partial charge on any atom is -0.492 e. The second-order valence-electron chi connectivity index (χ2n) is 7.24.